The molecular weight excluding hydrogens is 252 g/mol. The highest BCUT2D eigenvalue weighted by Gasteiger charge is 1.97. The van der Waals surface area contributed by atoms with E-state index in [1.54, 1.807) is 6.08 Å². The van der Waals surface area contributed by atoms with Crippen LogP contribution in [0.1, 0.15) is 57.8 Å². The molecule has 1 amide bonds. The van der Waals surface area contributed by atoms with Crippen LogP contribution in [0.2, 0.25) is 0 Å². The van der Waals surface area contributed by atoms with Gasteiger partial charge in [-0.2, -0.15) is 0 Å². The van der Waals surface area contributed by atoms with E-state index in [1.807, 2.05) is 0 Å². The molecule has 0 saturated carbocycles. The number of hydrogen-bond acceptors (Lipinski definition) is 3. The number of unbranched alkanes of at least 4 members (excludes halogenated alkanes) is 6. The third-order valence-corrected chi connectivity index (χ3v) is 3.21. The Bertz CT molecular complexity index is 233. The van der Waals surface area contributed by atoms with E-state index in [1.165, 1.54) is 32.1 Å². The molecule has 0 fully saturated rings. The van der Waals surface area contributed by atoms with Gasteiger partial charge in [0, 0.05) is 26.1 Å². The van der Waals surface area contributed by atoms with Crippen molar-refractivity contribution < 1.29 is 9.90 Å². The highest BCUT2D eigenvalue weighted by molar-refractivity contribution is 5.75. The van der Waals surface area contributed by atoms with E-state index in [4.69, 9.17) is 5.11 Å². The number of carbonyl (C=O) groups is 1. The minimum Gasteiger partial charge on any atom is -0.396 e. The molecule has 0 rings (SSSR count). The molecule has 0 aromatic rings. The summed E-state index contributed by atoms with van der Waals surface area (Å²) in [5.74, 6) is 0.106. The van der Waals surface area contributed by atoms with Crippen molar-refractivity contribution in [1.29, 1.82) is 0 Å². The third-order valence-electron chi connectivity index (χ3n) is 3.21. The Morgan fingerprint density at radius 1 is 0.950 bits per heavy atom. The molecule has 4 heteroatoms. The molecule has 0 aliphatic rings. The number of aliphatic hydroxyl groups excluding tert-OH is 1. The highest BCUT2D eigenvalue weighted by atomic mass is 16.2. The van der Waals surface area contributed by atoms with Gasteiger partial charge in [-0.1, -0.05) is 38.2 Å². The van der Waals surface area contributed by atoms with Crippen LogP contribution in [0.5, 0.6) is 0 Å². The molecule has 20 heavy (non-hydrogen) atoms. The average Bonchev–Trinajstić information content (AvgIpc) is 2.46. The average molecular weight is 284 g/mol. The van der Waals surface area contributed by atoms with Crippen molar-refractivity contribution in [2.24, 2.45) is 0 Å². The van der Waals surface area contributed by atoms with Gasteiger partial charge >= 0.3 is 0 Å². The van der Waals surface area contributed by atoms with Gasteiger partial charge < -0.3 is 15.7 Å². The zero-order valence-corrected chi connectivity index (χ0v) is 12.8. The van der Waals surface area contributed by atoms with Crippen LogP contribution < -0.4 is 10.6 Å². The predicted molar refractivity (Wildman–Crippen MR) is 84.7 cm³/mol. The summed E-state index contributed by atoms with van der Waals surface area (Å²) < 4.78 is 0. The first-order valence-corrected chi connectivity index (χ1v) is 8.00. The van der Waals surface area contributed by atoms with E-state index < -0.39 is 0 Å². The molecule has 0 unspecified atom stereocenters. The monoisotopic (exact) mass is 284 g/mol. The van der Waals surface area contributed by atoms with Gasteiger partial charge in [-0.05, 0) is 25.8 Å². The number of carbonyl (C=O) groups excluding carboxylic acids is 1. The van der Waals surface area contributed by atoms with E-state index in [2.05, 4.69) is 17.2 Å². The molecule has 0 aliphatic heterocycles. The standard InChI is InChI=1S/C16H32N2O2/c1-2-3-11-16(20)18-14-13-17-12-9-7-5-4-6-8-10-15-19/h2,17,19H,1,3-15H2,(H,18,20). The van der Waals surface area contributed by atoms with Gasteiger partial charge in [0.1, 0.15) is 0 Å². The summed E-state index contributed by atoms with van der Waals surface area (Å²) in [5.41, 5.74) is 0. The number of nitrogens with one attached hydrogen (secondary N) is 2. The van der Waals surface area contributed by atoms with Crippen molar-refractivity contribution in [1.82, 2.24) is 10.6 Å². The lowest BCUT2D eigenvalue weighted by molar-refractivity contribution is -0.120. The topological polar surface area (TPSA) is 61.4 Å². The van der Waals surface area contributed by atoms with Crippen molar-refractivity contribution in [2.75, 3.05) is 26.2 Å². The van der Waals surface area contributed by atoms with E-state index in [0.717, 1.165) is 32.4 Å². The minimum atomic E-state index is 0.106. The Hall–Kier alpha value is -0.870. The Labute approximate surface area is 124 Å². The van der Waals surface area contributed by atoms with Crippen molar-refractivity contribution in [2.45, 2.75) is 57.8 Å². The summed E-state index contributed by atoms with van der Waals surface area (Å²) >= 11 is 0. The lowest BCUT2D eigenvalue weighted by Gasteiger charge is -2.06. The molecule has 0 radical (unpaired) electrons. The van der Waals surface area contributed by atoms with Crippen molar-refractivity contribution >= 4 is 5.91 Å². The van der Waals surface area contributed by atoms with Crippen LogP contribution in [0.25, 0.3) is 0 Å². The molecule has 4 nitrogen and oxygen atoms in total. The fourth-order valence-electron chi connectivity index (χ4n) is 1.98. The zero-order valence-electron chi connectivity index (χ0n) is 12.8. The van der Waals surface area contributed by atoms with Crippen LogP contribution in [0, 0.1) is 0 Å². The largest absolute Gasteiger partial charge is 0.396 e. The quantitative estimate of drug-likeness (QED) is 0.320. The molecular formula is C16H32N2O2. The van der Waals surface area contributed by atoms with Gasteiger partial charge in [0.2, 0.25) is 5.91 Å². The Morgan fingerprint density at radius 2 is 1.60 bits per heavy atom. The Morgan fingerprint density at radius 3 is 2.25 bits per heavy atom. The van der Waals surface area contributed by atoms with Crippen LogP contribution in [0.4, 0.5) is 0 Å². The number of aliphatic hydroxyl groups is 1. The maximum absolute atomic E-state index is 11.3. The van der Waals surface area contributed by atoms with Gasteiger partial charge in [-0.3, -0.25) is 4.79 Å². The van der Waals surface area contributed by atoms with E-state index in [0.29, 0.717) is 19.6 Å². The molecule has 0 heterocycles. The predicted octanol–water partition coefficient (Wildman–Crippen LogP) is 2.38. The van der Waals surface area contributed by atoms with Crippen LogP contribution in [-0.4, -0.2) is 37.3 Å². The van der Waals surface area contributed by atoms with Gasteiger partial charge in [-0.25, -0.2) is 0 Å². The van der Waals surface area contributed by atoms with Gasteiger partial charge in [0.05, 0.1) is 0 Å². The molecule has 118 valence electrons. The van der Waals surface area contributed by atoms with Crippen LogP contribution >= 0.6 is 0 Å². The summed E-state index contributed by atoms with van der Waals surface area (Å²) in [7, 11) is 0. The van der Waals surface area contributed by atoms with Crippen LogP contribution in [0.3, 0.4) is 0 Å². The van der Waals surface area contributed by atoms with Crippen molar-refractivity contribution in [3.05, 3.63) is 12.7 Å². The maximum Gasteiger partial charge on any atom is 0.220 e. The number of allylic oxidation sites excluding steroid dienone is 1. The normalized spacial score (nSPS) is 10.4. The smallest absolute Gasteiger partial charge is 0.220 e. The SMILES string of the molecule is C=CCCC(=O)NCCNCCCCCCCCCO. The second-order valence-electron chi connectivity index (χ2n) is 5.13. The van der Waals surface area contributed by atoms with Gasteiger partial charge in [0.25, 0.3) is 0 Å². The summed E-state index contributed by atoms with van der Waals surface area (Å²) in [6.07, 6.45) is 11.4. The second kappa shape index (κ2) is 16.2. The molecule has 3 N–H and O–H groups in total. The molecule has 0 aromatic carbocycles. The summed E-state index contributed by atoms with van der Waals surface area (Å²) in [6.45, 7) is 6.50. The Kier molecular flexibility index (Phi) is 15.5. The first-order chi connectivity index (χ1) is 9.81. The van der Waals surface area contributed by atoms with Gasteiger partial charge in [0.15, 0.2) is 0 Å². The Balaban J connectivity index is 3.06. The van der Waals surface area contributed by atoms with E-state index >= 15 is 0 Å². The van der Waals surface area contributed by atoms with E-state index in [-0.39, 0.29) is 5.91 Å². The molecule has 0 spiro atoms. The summed E-state index contributed by atoms with van der Waals surface area (Å²) in [5, 5.41) is 14.9. The molecule has 0 aliphatic carbocycles. The molecule has 0 atom stereocenters. The summed E-state index contributed by atoms with van der Waals surface area (Å²) in [6, 6.07) is 0. The summed E-state index contributed by atoms with van der Waals surface area (Å²) in [4.78, 5) is 11.3. The maximum atomic E-state index is 11.3. The van der Waals surface area contributed by atoms with Gasteiger partial charge in [-0.15, -0.1) is 6.58 Å². The number of rotatable bonds is 15. The minimum absolute atomic E-state index is 0.106. The first kappa shape index (κ1) is 19.1. The second-order valence-corrected chi connectivity index (χ2v) is 5.13. The molecule has 0 aromatic heterocycles. The van der Waals surface area contributed by atoms with Crippen LogP contribution in [-0.2, 0) is 4.79 Å². The van der Waals surface area contributed by atoms with Crippen molar-refractivity contribution in [3.63, 3.8) is 0 Å². The first-order valence-electron chi connectivity index (χ1n) is 8.00. The molecule has 0 saturated heterocycles. The molecule has 0 bridgehead atoms. The fourth-order valence-corrected chi connectivity index (χ4v) is 1.98. The fraction of sp³-hybridized carbons (Fsp3) is 0.812. The number of hydrogen-bond donors (Lipinski definition) is 3. The highest BCUT2D eigenvalue weighted by Crippen LogP contribution is 2.06. The van der Waals surface area contributed by atoms with E-state index in [9.17, 15) is 4.79 Å². The van der Waals surface area contributed by atoms with Crippen LogP contribution in [0.15, 0.2) is 12.7 Å². The number of amides is 1. The lowest BCUT2D eigenvalue weighted by atomic mass is 10.1. The lowest BCUT2D eigenvalue weighted by Crippen LogP contribution is -2.31. The zero-order chi connectivity index (χ0) is 14.9. The van der Waals surface area contributed by atoms with Crippen molar-refractivity contribution in [3.8, 4) is 0 Å². The third kappa shape index (κ3) is 15.2.